The molecule has 4 atom stereocenters. The van der Waals surface area contributed by atoms with E-state index < -0.39 is 0 Å². The molecule has 15 heavy (non-hydrogen) atoms. The number of hydrogen-bond acceptors (Lipinski definition) is 2. The van der Waals surface area contributed by atoms with Crippen LogP contribution in [0.15, 0.2) is 12.3 Å². The van der Waals surface area contributed by atoms with Gasteiger partial charge in [0.25, 0.3) is 0 Å². The first-order valence-electron chi connectivity index (χ1n) is 5.99. The number of aromatic nitrogens is 2. The number of fused-ring (bicyclic) bond motifs is 2. The molecule has 2 saturated carbocycles. The van der Waals surface area contributed by atoms with Crippen LogP contribution in [0.3, 0.4) is 0 Å². The summed E-state index contributed by atoms with van der Waals surface area (Å²) in [5, 5.41) is 4.43. The summed E-state index contributed by atoms with van der Waals surface area (Å²) in [6.45, 7) is 0. The van der Waals surface area contributed by atoms with Gasteiger partial charge < -0.3 is 5.73 Å². The van der Waals surface area contributed by atoms with Crippen LogP contribution in [-0.4, -0.2) is 9.78 Å². The fourth-order valence-corrected chi connectivity index (χ4v) is 3.56. The van der Waals surface area contributed by atoms with E-state index in [9.17, 15) is 0 Å². The molecule has 1 heterocycles. The Morgan fingerprint density at radius 2 is 2.33 bits per heavy atom. The SMILES string of the molecule is Cn1ccc(C(N)C2CC3CCC2C3)n1. The molecule has 1 aromatic rings. The van der Waals surface area contributed by atoms with Gasteiger partial charge in [-0.3, -0.25) is 4.68 Å². The van der Waals surface area contributed by atoms with Crippen LogP contribution in [0.2, 0.25) is 0 Å². The third-order valence-corrected chi connectivity index (χ3v) is 4.33. The summed E-state index contributed by atoms with van der Waals surface area (Å²) in [5.74, 6) is 2.54. The van der Waals surface area contributed by atoms with Crippen LogP contribution in [0, 0.1) is 17.8 Å². The quantitative estimate of drug-likeness (QED) is 0.801. The average Bonchev–Trinajstić information content (AvgIpc) is 2.90. The Hall–Kier alpha value is -0.830. The summed E-state index contributed by atoms with van der Waals surface area (Å²) in [7, 11) is 1.96. The third-order valence-electron chi connectivity index (χ3n) is 4.33. The fourth-order valence-electron chi connectivity index (χ4n) is 3.56. The van der Waals surface area contributed by atoms with E-state index in [2.05, 4.69) is 11.2 Å². The van der Waals surface area contributed by atoms with Crippen LogP contribution in [0.25, 0.3) is 0 Å². The summed E-state index contributed by atoms with van der Waals surface area (Å²) < 4.78 is 1.85. The number of rotatable bonds is 2. The van der Waals surface area contributed by atoms with Gasteiger partial charge in [-0.25, -0.2) is 0 Å². The molecule has 2 fully saturated rings. The van der Waals surface area contributed by atoms with Crippen LogP contribution >= 0.6 is 0 Å². The number of aryl methyl sites for hydroxylation is 1. The summed E-state index contributed by atoms with van der Waals surface area (Å²) in [6, 6.07) is 2.23. The van der Waals surface area contributed by atoms with E-state index in [-0.39, 0.29) is 6.04 Å². The molecule has 0 amide bonds. The molecular formula is C12H19N3. The number of nitrogens with zero attached hydrogens (tertiary/aromatic N) is 2. The first-order chi connectivity index (χ1) is 7.24. The predicted molar refractivity (Wildman–Crippen MR) is 59.1 cm³/mol. The van der Waals surface area contributed by atoms with Crippen molar-refractivity contribution in [2.75, 3.05) is 0 Å². The first-order valence-corrected chi connectivity index (χ1v) is 5.99. The van der Waals surface area contributed by atoms with Crippen LogP contribution in [-0.2, 0) is 7.05 Å². The van der Waals surface area contributed by atoms with E-state index in [1.807, 2.05) is 17.9 Å². The van der Waals surface area contributed by atoms with Gasteiger partial charge in [0.15, 0.2) is 0 Å². The van der Waals surface area contributed by atoms with Crippen molar-refractivity contribution in [2.24, 2.45) is 30.5 Å². The molecule has 3 rings (SSSR count). The molecule has 0 radical (unpaired) electrons. The Bertz CT molecular complexity index is 358. The molecule has 0 aliphatic heterocycles. The third kappa shape index (κ3) is 1.49. The van der Waals surface area contributed by atoms with Gasteiger partial charge in [-0.2, -0.15) is 5.10 Å². The molecule has 0 spiro atoms. The Morgan fingerprint density at radius 1 is 1.47 bits per heavy atom. The van der Waals surface area contributed by atoms with Gasteiger partial charge in [0, 0.05) is 13.2 Å². The minimum absolute atomic E-state index is 0.168. The summed E-state index contributed by atoms with van der Waals surface area (Å²) in [5.41, 5.74) is 7.40. The van der Waals surface area contributed by atoms with E-state index in [1.165, 1.54) is 25.7 Å². The van der Waals surface area contributed by atoms with Gasteiger partial charge >= 0.3 is 0 Å². The summed E-state index contributed by atoms with van der Waals surface area (Å²) in [4.78, 5) is 0. The van der Waals surface area contributed by atoms with E-state index in [0.29, 0.717) is 5.92 Å². The molecule has 3 nitrogen and oxygen atoms in total. The molecule has 2 bridgehead atoms. The Balaban J connectivity index is 1.77. The van der Waals surface area contributed by atoms with E-state index in [0.717, 1.165) is 17.5 Å². The molecule has 82 valence electrons. The molecule has 2 aliphatic carbocycles. The van der Waals surface area contributed by atoms with Gasteiger partial charge in [0.1, 0.15) is 0 Å². The zero-order valence-corrected chi connectivity index (χ0v) is 9.26. The fraction of sp³-hybridized carbons (Fsp3) is 0.750. The molecule has 1 aromatic heterocycles. The van der Waals surface area contributed by atoms with E-state index in [1.54, 1.807) is 0 Å². The largest absolute Gasteiger partial charge is 0.322 e. The van der Waals surface area contributed by atoms with E-state index in [4.69, 9.17) is 5.73 Å². The molecule has 2 N–H and O–H groups in total. The Morgan fingerprint density at radius 3 is 2.87 bits per heavy atom. The highest BCUT2D eigenvalue weighted by atomic mass is 15.3. The lowest BCUT2D eigenvalue weighted by molar-refractivity contribution is 0.280. The van der Waals surface area contributed by atoms with Crippen molar-refractivity contribution in [3.05, 3.63) is 18.0 Å². The van der Waals surface area contributed by atoms with Crippen molar-refractivity contribution in [3.63, 3.8) is 0 Å². The monoisotopic (exact) mass is 205 g/mol. The summed E-state index contributed by atoms with van der Waals surface area (Å²) >= 11 is 0. The second-order valence-electron chi connectivity index (χ2n) is 5.28. The zero-order chi connectivity index (χ0) is 10.4. The highest BCUT2D eigenvalue weighted by Crippen LogP contribution is 2.51. The standard InChI is InChI=1S/C12H19N3/c1-15-5-4-11(14-15)12(13)10-7-8-2-3-9(10)6-8/h4-5,8-10,12H,2-3,6-7,13H2,1H3. The lowest BCUT2D eigenvalue weighted by Crippen LogP contribution is -2.26. The Labute approximate surface area is 90.7 Å². The number of hydrogen-bond donors (Lipinski definition) is 1. The van der Waals surface area contributed by atoms with Crippen molar-refractivity contribution in [1.82, 2.24) is 9.78 Å². The van der Waals surface area contributed by atoms with Crippen LogP contribution in [0.1, 0.15) is 37.4 Å². The van der Waals surface area contributed by atoms with Gasteiger partial charge in [-0.15, -0.1) is 0 Å². The maximum absolute atomic E-state index is 6.32. The number of nitrogens with two attached hydrogens (primary N) is 1. The lowest BCUT2D eigenvalue weighted by atomic mass is 9.82. The highest BCUT2D eigenvalue weighted by Gasteiger charge is 2.42. The molecule has 2 aliphatic rings. The minimum atomic E-state index is 0.168. The lowest BCUT2D eigenvalue weighted by Gasteiger charge is -2.26. The smallest absolute Gasteiger partial charge is 0.0794 e. The predicted octanol–water partition coefficient (Wildman–Crippen LogP) is 1.86. The normalized spacial score (nSPS) is 36.0. The average molecular weight is 205 g/mol. The topological polar surface area (TPSA) is 43.8 Å². The van der Waals surface area contributed by atoms with Crippen LogP contribution in [0.4, 0.5) is 0 Å². The van der Waals surface area contributed by atoms with Gasteiger partial charge in [0.05, 0.1) is 11.7 Å². The molecule has 0 saturated heterocycles. The van der Waals surface area contributed by atoms with Gasteiger partial charge in [-0.1, -0.05) is 6.42 Å². The van der Waals surface area contributed by atoms with Gasteiger partial charge in [-0.05, 0) is 43.1 Å². The molecule has 4 unspecified atom stereocenters. The second-order valence-corrected chi connectivity index (χ2v) is 5.28. The van der Waals surface area contributed by atoms with Crippen molar-refractivity contribution >= 4 is 0 Å². The van der Waals surface area contributed by atoms with Crippen molar-refractivity contribution in [3.8, 4) is 0 Å². The van der Waals surface area contributed by atoms with E-state index >= 15 is 0 Å². The van der Waals surface area contributed by atoms with Crippen LogP contribution < -0.4 is 5.73 Å². The van der Waals surface area contributed by atoms with Crippen molar-refractivity contribution in [1.29, 1.82) is 0 Å². The maximum Gasteiger partial charge on any atom is 0.0794 e. The summed E-state index contributed by atoms with van der Waals surface area (Å²) in [6.07, 6.45) is 7.59. The first kappa shape index (κ1) is 9.40. The van der Waals surface area contributed by atoms with Crippen molar-refractivity contribution in [2.45, 2.75) is 31.7 Å². The van der Waals surface area contributed by atoms with Crippen LogP contribution in [0.5, 0.6) is 0 Å². The second kappa shape index (κ2) is 3.34. The zero-order valence-electron chi connectivity index (χ0n) is 9.26. The molecule has 3 heteroatoms. The Kier molecular flexibility index (Phi) is 2.09. The molecular weight excluding hydrogens is 186 g/mol. The minimum Gasteiger partial charge on any atom is -0.322 e. The highest BCUT2D eigenvalue weighted by molar-refractivity contribution is 5.09. The maximum atomic E-state index is 6.32. The van der Waals surface area contributed by atoms with Crippen molar-refractivity contribution < 1.29 is 0 Å². The molecule has 0 aromatic carbocycles. The van der Waals surface area contributed by atoms with Gasteiger partial charge in [0.2, 0.25) is 0 Å².